The summed E-state index contributed by atoms with van der Waals surface area (Å²) in [7, 11) is 8.47. The molecule has 2 heteroatoms. The van der Waals surface area contributed by atoms with E-state index in [9.17, 15) is 0 Å². The first kappa shape index (κ1) is 12.1. The van der Waals surface area contributed by atoms with Gasteiger partial charge >= 0.3 is 0 Å². The Hall–Kier alpha value is -1.96. The van der Waals surface area contributed by atoms with Crippen molar-refractivity contribution in [3.05, 3.63) is 47.5 Å². The van der Waals surface area contributed by atoms with Crippen molar-refractivity contribution in [1.82, 2.24) is 0 Å². The van der Waals surface area contributed by atoms with Gasteiger partial charge in [0.15, 0.2) is 0 Å². The summed E-state index contributed by atoms with van der Waals surface area (Å²) >= 11 is 0. The van der Waals surface area contributed by atoms with E-state index >= 15 is 0 Å². The van der Waals surface area contributed by atoms with E-state index in [-0.39, 0.29) is 0 Å². The van der Waals surface area contributed by atoms with E-state index in [2.05, 4.69) is 74.4 Å². The smallest absolute Gasteiger partial charge is 0.0444 e. The summed E-state index contributed by atoms with van der Waals surface area (Å²) < 4.78 is 0. The quantitative estimate of drug-likeness (QED) is 0.690. The van der Waals surface area contributed by atoms with Crippen molar-refractivity contribution in [2.45, 2.75) is 6.42 Å². The lowest BCUT2D eigenvalue weighted by Gasteiger charge is -2.22. The molecule has 0 bridgehead atoms. The van der Waals surface area contributed by atoms with Gasteiger partial charge in [-0.15, -0.1) is 0 Å². The maximum Gasteiger partial charge on any atom is 0.0444 e. The van der Waals surface area contributed by atoms with Gasteiger partial charge in [-0.3, -0.25) is 0 Å². The lowest BCUT2D eigenvalue weighted by atomic mass is 10.0. The molecule has 0 saturated carbocycles. The predicted molar refractivity (Wildman–Crippen MR) is 83.3 cm³/mol. The maximum atomic E-state index is 2.25. The van der Waals surface area contributed by atoms with Crippen molar-refractivity contribution >= 4 is 11.4 Å². The average molecular weight is 252 g/mol. The van der Waals surface area contributed by atoms with Gasteiger partial charge in [-0.25, -0.2) is 0 Å². The van der Waals surface area contributed by atoms with Crippen LogP contribution in [0.25, 0.3) is 11.1 Å². The summed E-state index contributed by atoms with van der Waals surface area (Å²) in [6.45, 7) is 0. The van der Waals surface area contributed by atoms with Crippen molar-refractivity contribution in [3.63, 3.8) is 0 Å². The first-order valence-electron chi connectivity index (χ1n) is 6.68. The van der Waals surface area contributed by atoms with Gasteiger partial charge in [-0.05, 0) is 29.7 Å². The predicted octanol–water partition coefficient (Wildman–Crippen LogP) is 3.39. The second-order valence-corrected chi connectivity index (χ2v) is 5.59. The molecule has 0 aromatic heterocycles. The molecule has 1 aliphatic rings. The highest BCUT2D eigenvalue weighted by Gasteiger charge is 2.25. The Morgan fingerprint density at radius 1 is 0.684 bits per heavy atom. The lowest BCUT2D eigenvalue weighted by molar-refractivity contribution is 1.12. The van der Waals surface area contributed by atoms with Crippen LogP contribution in [0.3, 0.4) is 0 Å². The largest absolute Gasteiger partial charge is 0.377 e. The van der Waals surface area contributed by atoms with Gasteiger partial charge in [0.1, 0.15) is 0 Å². The third-order valence-electron chi connectivity index (χ3n) is 3.85. The number of anilines is 2. The van der Waals surface area contributed by atoms with Crippen LogP contribution in [0.1, 0.15) is 11.1 Å². The Morgan fingerprint density at radius 3 is 1.47 bits per heavy atom. The van der Waals surface area contributed by atoms with Gasteiger partial charge in [0, 0.05) is 50.7 Å². The third kappa shape index (κ3) is 1.79. The summed E-state index contributed by atoms with van der Waals surface area (Å²) in [5.41, 5.74) is 8.32. The van der Waals surface area contributed by atoms with E-state index in [1.807, 2.05) is 0 Å². The van der Waals surface area contributed by atoms with Crippen LogP contribution in [0, 0.1) is 0 Å². The average Bonchev–Trinajstić information content (AvgIpc) is 2.76. The first-order valence-corrected chi connectivity index (χ1v) is 6.68. The van der Waals surface area contributed by atoms with Crippen molar-refractivity contribution in [2.24, 2.45) is 0 Å². The highest BCUT2D eigenvalue weighted by molar-refractivity contribution is 5.94. The zero-order valence-electron chi connectivity index (χ0n) is 12.1. The Kier molecular flexibility index (Phi) is 2.74. The van der Waals surface area contributed by atoms with Gasteiger partial charge in [0.2, 0.25) is 0 Å². The number of nitrogens with zero attached hydrogens (tertiary/aromatic N) is 2. The summed E-state index contributed by atoms with van der Waals surface area (Å²) in [4.78, 5) is 4.42. The molecule has 0 radical (unpaired) electrons. The summed E-state index contributed by atoms with van der Waals surface area (Å²) in [6, 6.07) is 13.2. The molecule has 0 saturated heterocycles. The molecule has 0 fully saturated rings. The van der Waals surface area contributed by atoms with Gasteiger partial charge in [-0.2, -0.15) is 0 Å². The van der Waals surface area contributed by atoms with Crippen LogP contribution in [0.15, 0.2) is 36.4 Å². The molecule has 0 aliphatic heterocycles. The highest BCUT2D eigenvalue weighted by atomic mass is 15.1. The number of hydrogen-bond acceptors (Lipinski definition) is 2. The van der Waals surface area contributed by atoms with E-state index in [1.54, 1.807) is 0 Å². The van der Waals surface area contributed by atoms with Crippen LogP contribution in [0.4, 0.5) is 11.4 Å². The molecule has 3 rings (SSSR count). The van der Waals surface area contributed by atoms with Crippen LogP contribution in [0.2, 0.25) is 0 Å². The second-order valence-electron chi connectivity index (χ2n) is 5.59. The van der Waals surface area contributed by atoms with Crippen LogP contribution >= 0.6 is 0 Å². The topological polar surface area (TPSA) is 6.48 Å². The van der Waals surface area contributed by atoms with E-state index in [1.165, 1.54) is 33.6 Å². The molecule has 98 valence electrons. The Morgan fingerprint density at radius 2 is 1.11 bits per heavy atom. The van der Waals surface area contributed by atoms with Crippen LogP contribution in [0.5, 0.6) is 0 Å². The Labute approximate surface area is 115 Å². The molecule has 2 aromatic carbocycles. The monoisotopic (exact) mass is 252 g/mol. The second kappa shape index (κ2) is 4.30. The fraction of sp³-hybridized carbons (Fsp3) is 0.294. The molecular weight excluding hydrogens is 232 g/mol. The lowest BCUT2D eigenvalue weighted by Crippen LogP contribution is -2.12. The number of fused-ring (bicyclic) bond motifs is 3. The summed E-state index contributed by atoms with van der Waals surface area (Å²) in [5, 5.41) is 0. The summed E-state index contributed by atoms with van der Waals surface area (Å²) in [5.74, 6) is 0. The molecule has 0 heterocycles. The van der Waals surface area contributed by atoms with E-state index in [0.717, 1.165) is 6.42 Å². The van der Waals surface area contributed by atoms with Crippen molar-refractivity contribution in [2.75, 3.05) is 38.0 Å². The number of rotatable bonds is 2. The van der Waals surface area contributed by atoms with Crippen molar-refractivity contribution in [1.29, 1.82) is 0 Å². The van der Waals surface area contributed by atoms with Gasteiger partial charge in [-0.1, -0.05) is 24.3 Å². The summed E-state index contributed by atoms with van der Waals surface area (Å²) in [6.07, 6.45) is 1.05. The van der Waals surface area contributed by atoms with E-state index in [4.69, 9.17) is 0 Å². The first-order chi connectivity index (χ1) is 9.09. The molecule has 2 aromatic rings. The Balaban J connectivity index is 2.31. The molecule has 19 heavy (non-hydrogen) atoms. The van der Waals surface area contributed by atoms with Crippen molar-refractivity contribution in [3.8, 4) is 11.1 Å². The van der Waals surface area contributed by atoms with Crippen molar-refractivity contribution < 1.29 is 0 Å². The molecule has 1 aliphatic carbocycles. The van der Waals surface area contributed by atoms with E-state index in [0.29, 0.717) is 0 Å². The number of benzene rings is 2. The molecular formula is C17H20N2. The molecule has 0 amide bonds. The maximum absolute atomic E-state index is 2.25. The van der Waals surface area contributed by atoms with Gasteiger partial charge < -0.3 is 9.80 Å². The standard InChI is InChI=1S/C17H20N2/c1-18(2)14-9-5-7-12-11-13-8-6-10-15(19(3)4)17(13)16(12)14/h5-10H,11H2,1-4H3. The molecule has 2 nitrogen and oxygen atoms in total. The van der Waals surface area contributed by atoms with E-state index < -0.39 is 0 Å². The Bertz CT molecular complexity index is 572. The SMILES string of the molecule is CN(C)c1cccc2c1-c1c(cccc1N(C)C)C2. The highest BCUT2D eigenvalue weighted by Crippen LogP contribution is 2.46. The zero-order chi connectivity index (χ0) is 13.6. The number of hydrogen-bond donors (Lipinski definition) is 0. The minimum Gasteiger partial charge on any atom is -0.377 e. The molecule has 0 unspecified atom stereocenters. The van der Waals surface area contributed by atoms with Crippen LogP contribution in [-0.2, 0) is 6.42 Å². The minimum absolute atomic E-state index is 1.05. The molecule has 0 N–H and O–H groups in total. The normalized spacial score (nSPS) is 12.0. The third-order valence-corrected chi connectivity index (χ3v) is 3.85. The minimum atomic E-state index is 1.05. The van der Waals surface area contributed by atoms with Gasteiger partial charge in [0.05, 0.1) is 0 Å². The molecule has 0 atom stereocenters. The van der Waals surface area contributed by atoms with Crippen LogP contribution in [-0.4, -0.2) is 28.2 Å². The fourth-order valence-electron chi connectivity index (χ4n) is 3.00. The molecule has 0 spiro atoms. The van der Waals surface area contributed by atoms with Gasteiger partial charge in [0.25, 0.3) is 0 Å². The van der Waals surface area contributed by atoms with Crippen LogP contribution < -0.4 is 9.80 Å². The fourth-order valence-corrected chi connectivity index (χ4v) is 3.00. The zero-order valence-corrected chi connectivity index (χ0v) is 12.1.